The standard InChI is InChI=1S/C13H19N3O/c1-3-11(13-14-6-7-15-13)16-12(17)8-9(2)10-4-5-10/h6-8,10-11H,3-5H2,1-2H3,(H,14,15)(H,16,17)/b9-8+. The van der Waals surface area contributed by atoms with Crippen LogP contribution >= 0.6 is 0 Å². The van der Waals surface area contributed by atoms with Crippen molar-refractivity contribution in [3.05, 3.63) is 29.9 Å². The Bertz CT molecular complexity index is 404. The number of carbonyl (C=O) groups is 1. The first-order valence-electron chi connectivity index (χ1n) is 6.18. The third-order valence-corrected chi connectivity index (χ3v) is 3.15. The lowest BCUT2D eigenvalue weighted by molar-refractivity contribution is -0.117. The fourth-order valence-electron chi connectivity index (χ4n) is 1.91. The number of rotatable bonds is 5. The predicted molar refractivity (Wildman–Crippen MR) is 66.2 cm³/mol. The molecule has 0 saturated heterocycles. The van der Waals surface area contributed by atoms with Crippen LogP contribution in [0.15, 0.2) is 24.0 Å². The molecule has 17 heavy (non-hydrogen) atoms. The molecule has 0 spiro atoms. The van der Waals surface area contributed by atoms with Gasteiger partial charge in [-0.15, -0.1) is 0 Å². The van der Waals surface area contributed by atoms with Crippen LogP contribution in [0, 0.1) is 5.92 Å². The maximum Gasteiger partial charge on any atom is 0.244 e. The zero-order valence-corrected chi connectivity index (χ0v) is 10.4. The minimum absolute atomic E-state index is 0.0161. The molecule has 0 aromatic carbocycles. The van der Waals surface area contributed by atoms with Gasteiger partial charge >= 0.3 is 0 Å². The van der Waals surface area contributed by atoms with Crippen LogP contribution in [0.25, 0.3) is 0 Å². The van der Waals surface area contributed by atoms with Crippen molar-refractivity contribution in [3.8, 4) is 0 Å². The molecule has 4 heteroatoms. The van der Waals surface area contributed by atoms with Gasteiger partial charge in [0.25, 0.3) is 0 Å². The van der Waals surface area contributed by atoms with Gasteiger partial charge in [0.05, 0.1) is 6.04 Å². The number of allylic oxidation sites excluding steroid dienone is 1. The number of amides is 1. The normalized spacial score (nSPS) is 17.9. The summed E-state index contributed by atoms with van der Waals surface area (Å²) in [6.07, 6.45) is 8.49. The smallest absolute Gasteiger partial charge is 0.244 e. The monoisotopic (exact) mass is 233 g/mol. The number of H-pyrrole nitrogens is 1. The van der Waals surface area contributed by atoms with E-state index in [9.17, 15) is 4.79 Å². The van der Waals surface area contributed by atoms with E-state index in [2.05, 4.69) is 15.3 Å². The van der Waals surface area contributed by atoms with Crippen molar-refractivity contribution in [2.75, 3.05) is 0 Å². The second-order valence-corrected chi connectivity index (χ2v) is 4.61. The maximum atomic E-state index is 11.8. The fraction of sp³-hybridized carbons (Fsp3) is 0.538. The second kappa shape index (κ2) is 5.17. The van der Waals surface area contributed by atoms with Gasteiger partial charge in [-0.2, -0.15) is 0 Å². The van der Waals surface area contributed by atoms with Crippen molar-refractivity contribution in [1.29, 1.82) is 0 Å². The van der Waals surface area contributed by atoms with Crippen LogP contribution in [0.3, 0.4) is 0 Å². The molecular weight excluding hydrogens is 214 g/mol. The molecule has 1 atom stereocenters. The summed E-state index contributed by atoms with van der Waals surface area (Å²) in [4.78, 5) is 19.0. The third-order valence-electron chi connectivity index (χ3n) is 3.15. The fourth-order valence-corrected chi connectivity index (χ4v) is 1.91. The van der Waals surface area contributed by atoms with E-state index in [-0.39, 0.29) is 11.9 Å². The lowest BCUT2D eigenvalue weighted by atomic mass is 10.1. The van der Waals surface area contributed by atoms with Crippen molar-refractivity contribution in [2.24, 2.45) is 5.92 Å². The molecule has 0 radical (unpaired) electrons. The average molecular weight is 233 g/mol. The van der Waals surface area contributed by atoms with Gasteiger partial charge in [0.1, 0.15) is 5.82 Å². The minimum atomic E-state index is -0.0271. The largest absolute Gasteiger partial charge is 0.347 e. The number of imidazole rings is 1. The minimum Gasteiger partial charge on any atom is -0.347 e. The zero-order valence-electron chi connectivity index (χ0n) is 10.4. The summed E-state index contributed by atoms with van der Waals surface area (Å²) in [7, 11) is 0. The van der Waals surface area contributed by atoms with Crippen molar-refractivity contribution in [3.63, 3.8) is 0 Å². The van der Waals surface area contributed by atoms with Crippen molar-refractivity contribution >= 4 is 5.91 Å². The Morgan fingerprint density at radius 2 is 2.47 bits per heavy atom. The number of nitrogens with zero attached hydrogens (tertiary/aromatic N) is 1. The summed E-state index contributed by atoms with van der Waals surface area (Å²) in [5.74, 6) is 1.44. The molecule has 2 rings (SSSR count). The zero-order chi connectivity index (χ0) is 12.3. The number of nitrogens with one attached hydrogen (secondary N) is 2. The van der Waals surface area contributed by atoms with Gasteiger partial charge in [-0.1, -0.05) is 12.5 Å². The molecule has 1 aromatic heterocycles. The molecule has 1 aromatic rings. The number of aromatic nitrogens is 2. The number of hydrogen-bond donors (Lipinski definition) is 2. The van der Waals surface area contributed by atoms with E-state index in [1.807, 2.05) is 13.8 Å². The van der Waals surface area contributed by atoms with E-state index in [4.69, 9.17) is 0 Å². The Morgan fingerprint density at radius 1 is 1.71 bits per heavy atom. The van der Waals surface area contributed by atoms with E-state index >= 15 is 0 Å². The second-order valence-electron chi connectivity index (χ2n) is 4.61. The number of hydrogen-bond acceptors (Lipinski definition) is 2. The first-order chi connectivity index (χ1) is 8.20. The first-order valence-corrected chi connectivity index (χ1v) is 6.18. The van der Waals surface area contributed by atoms with E-state index in [0.717, 1.165) is 12.2 Å². The molecule has 0 aliphatic heterocycles. The van der Waals surface area contributed by atoms with Crippen LogP contribution in [-0.2, 0) is 4.79 Å². The molecule has 1 saturated carbocycles. The highest BCUT2D eigenvalue weighted by molar-refractivity contribution is 5.88. The van der Waals surface area contributed by atoms with E-state index in [1.54, 1.807) is 18.5 Å². The quantitative estimate of drug-likeness (QED) is 0.767. The highest BCUT2D eigenvalue weighted by atomic mass is 16.1. The molecule has 4 nitrogen and oxygen atoms in total. The van der Waals surface area contributed by atoms with E-state index < -0.39 is 0 Å². The van der Waals surface area contributed by atoms with Gasteiger partial charge in [-0.3, -0.25) is 4.79 Å². The molecule has 2 N–H and O–H groups in total. The summed E-state index contributed by atoms with van der Waals surface area (Å²) in [6.45, 7) is 4.07. The lowest BCUT2D eigenvalue weighted by Gasteiger charge is -2.13. The summed E-state index contributed by atoms with van der Waals surface area (Å²) in [5, 5.41) is 2.97. The summed E-state index contributed by atoms with van der Waals surface area (Å²) < 4.78 is 0. The number of carbonyl (C=O) groups excluding carboxylic acids is 1. The van der Waals surface area contributed by atoms with Crippen molar-refractivity contribution in [2.45, 2.75) is 39.2 Å². The van der Waals surface area contributed by atoms with Crippen LogP contribution in [-0.4, -0.2) is 15.9 Å². The predicted octanol–water partition coefficient (Wildman–Crippen LogP) is 2.33. The topological polar surface area (TPSA) is 57.8 Å². The molecule has 0 bridgehead atoms. The molecule has 92 valence electrons. The molecular formula is C13H19N3O. The Morgan fingerprint density at radius 3 is 3.00 bits per heavy atom. The maximum absolute atomic E-state index is 11.8. The van der Waals surface area contributed by atoms with E-state index in [1.165, 1.54) is 18.4 Å². The van der Waals surface area contributed by atoms with Gasteiger partial charge in [-0.25, -0.2) is 4.98 Å². The van der Waals surface area contributed by atoms with Crippen LogP contribution in [0.2, 0.25) is 0 Å². The van der Waals surface area contributed by atoms with Gasteiger partial charge < -0.3 is 10.3 Å². The SMILES string of the molecule is CCC(NC(=O)/C=C(\C)C1CC1)c1ncc[nH]1. The van der Waals surface area contributed by atoms with Gasteiger partial charge in [0.2, 0.25) is 5.91 Å². The van der Waals surface area contributed by atoms with Gasteiger partial charge in [0, 0.05) is 18.5 Å². The highest BCUT2D eigenvalue weighted by Crippen LogP contribution is 2.35. The third kappa shape index (κ3) is 3.19. The average Bonchev–Trinajstić information content (AvgIpc) is 3.03. The molecule has 1 amide bonds. The van der Waals surface area contributed by atoms with Crippen molar-refractivity contribution < 1.29 is 4.79 Å². The molecule has 1 fully saturated rings. The Labute approximate surface area is 102 Å². The summed E-state index contributed by atoms with van der Waals surface area (Å²) in [6, 6.07) is -0.0271. The molecule has 1 aliphatic rings. The van der Waals surface area contributed by atoms with Gasteiger partial charge in [-0.05, 0) is 32.1 Å². The Kier molecular flexibility index (Phi) is 3.61. The van der Waals surface area contributed by atoms with E-state index in [0.29, 0.717) is 5.92 Å². The lowest BCUT2D eigenvalue weighted by Crippen LogP contribution is -2.27. The number of aromatic amines is 1. The molecule has 1 aliphatic carbocycles. The molecule has 1 heterocycles. The highest BCUT2D eigenvalue weighted by Gasteiger charge is 2.23. The first kappa shape index (κ1) is 11.9. The van der Waals surface area contributed by atoms with Crippen LogP contribution in [0.4, 0.5) is 0 Å². The summed E-state index contributed by atoms with van der Waals surface area (Å²) >= 11 is 0. The van der Waals surface area contributed by atoms with Crippen LogP contribution in [0.1, 0.15) is 45.0 Å². The summed E-state index contributed by atoms with van der Waals surface area (Å²) in [5.41, 5.74) is 1.19. The van der Waals surface area contributed by atoms with Gasteiger partial charge in [0.15, 0.2) is 0 Å². The van der Waals surface area contributed by atoms with Crippen LogP contribution < -0.4 is 5.32 Å². The molecule has 1 unspecified atom stereocenters. The Balaban J connectivity index is 1.94. The van der Waals surface area contributed by atoms with Crippen molar-refractivity contribution in [1.82, 2.24) is 15.3 Å². The Hall–Kier alpha value is -1.58. The van der Waals surface area contributed by atoms with Crippen LogP contribution in [0.5, 0.6) is 0 Å².